The van der Waals surface area contributed by atoms with Crippen molar-refractivity contribution >= 4 is 18.2 Å². The standard InChI is InChI=1S/C17H36O4SSi/c1-6-7-8-9-10-11-12-13-14-16-17(21-16,23(3,4)5)15-20-22(2,18)19/h16H,6-15H2,1-5H3/t16-,17+/m0/s1. The summed E-state index contributed by atoms with van der Waals surface area (Å²) in [5, 5.41) is -0.308. The van der Waals surface area contributed by atoms with Gasteiger partial charge < -0.3 is 4.74 Å². The van der Waals surface area contributed by atoms with E-state index in [9.17, 15) is 8.42 Å². The van der Waals surface area contributed by atoms with Crippen LogP contribution in [0.25, 0.3) is 0 Å². The molecule has 1 aliphatic heterocycles. The van der Waals surface area contributed by atoms with Gasteiger partial charge in [-0.25, -0.2) is 0 Å². The lowest BCUT2D eigenvalue weighted by atomic mass is 10.1. The van der Waals surface area contributed by atoms with Gasteiger partial charge in [0.1, 0.15) is 5.22 Å². The molecule has 0 N–H and O–H groups in total. The van der Waals surface area contributed by atoms with Gasteiger partial charge in [0.05, 0.1) is 27.0 Å². The van der Waals surface area contributed by atoms with Gasteiger partial charge in [-0.05, 0) is 6.42 Å². The van der Waals surface area contributed by atoms with Crippen LogP contribution in [0.2, 0.25) is 19.6 Å². The zero-order valence-corrected chi connectivity index (χ0v) is 17.5. The first-order valence-corrected chi connectivity index (χ1v) is 14.5. The van der Waals surface area contributed by atoms with Crippen molar-refractivity contribution in [2.45, 2.75) is 95.7 Å². The van der Waals surface area contributed by atoms with Crippen molar-refractivity contribution in [2.24, 2.45) is 0 Å². The summed E-state index contributed by atoms with van der Waals surface area (Å²) < 4.78 is 33.6. The number of unbranched alkanes of at least 4 members (excludes halogenated alkanes) is 7. The normalized spacial score (nSPS) is 24.8. The maximum absolute atomic E-state index is 11.3. The molecule has 0 unspecified atom stereocenters. The van der Waals surface area contributed by atoms with Crippen molar-refractivity contribution in [3.8, 4) is 0 Å². The number of hydrogen-bond donors (Lipinski definition) is 0. The summed E-state index contributed by atoms with van der Waals surface area (Å²) in [5.74, 6) is 0. The lowest BCUT2D eigenvalue weighted by molar-refractivity contribution is 0.237. The quantitative estimate of drug-likeness (QED) is 0.209. The Hall–Kier alpha value is 0.0869. The fraction of sp³-hybridized carbons (Fsp3) is 1.00. The van der Waals surface area contributed by atoms with Crippen molar-refractivity contribution in [2.75, 3.05) is 12.9 Å². The predicted molar refractivity (Wildman–Crippen MR) is 99.0 cm³/mol. The van der Waals surface area contributed by atoms with E-state index in [0.717, 1.165) is 12.7 Å². The van der Waals surface area contributed by atoms with Gasteiger partial charge in [-0.1, -0.05) is 77.9 Å². The van der Waals surface area contributed by atoms with Crippen LogP contribution < -0.4 is 0 Å². The Kier molecular flexibility index (Phi) is 8.24. The lowest BCUT2D eigenvalue weighted by Gasteiger charge is -2.25. The molecule has 4 nitrogen and oxygen atoms in total. The van der Waals surface area contributed by atoms with Crippen LogP contribution in [0.3, 0.4) is 0 Å². The summed E-state index contributed by atoms with van der Waals surface area (Å²) in [4.78, 5) is 0. The minimum Gasteiger partial charge on any atom is -0.367 e. The van der Waals surface area contributed by atoms with Crippen LogP contribution in [0.4, 0.5) is 0 Å². The highest BCUT2D eigenvalue weighted by molar-refractivity contribution is 7.86. The summed E-state index contributed by atoms with van der Waals surface area (Å²) >= 11 is 0. The molecule has 0 aromatic carbocycles. The fourth-order valence-electron chi connectivity index (χ4n) is 3.17. The largest absolute Gasteiger partial charge is 0.367 e. The van der Waals surface area contributed by atoms with E-state index in [2.05, 4.69) is 26.6 Å². The van der Waals surface area contributed by atoms with Crippen LogP contribution in [-0.2, 0) is 19.0 Å². The molecular formula is C17H36O4SSi. The SMILES string of the molecule is CCCCCCCCCC[C@@H]1O[C@]1(COS(C)(=O)=O)[Si](C)(C)C. The summed E-state index contributed by atoms with van der Waals surface area (Å²) in [6.45, 7) is 9.13. The van der Waals surface area contributed by atoms with E-state index in [1.807, 2.05) is 0 Å². The van der Waals surface area contributed by atoms with Gasteiger partial charge in [0.15, 0.2) is 0 Å². The molecule has 23 heavy (non-hydrogen) atoms. The van der Waals surface area contributed by atoms with E-state index in [1.54, 1.807) is 0 Å². The van der Waals surface area contributed by atoms with Crippen molar-refractivity contribution < 1.29 is 17.3 Å². The number of rotatable bonds is 13. The van der Waals surface area contributed by atoms with E-state index in [0.29, 0.717) is 0 Å². The smallest absolute Gasteiger partial charge is 0.264 e. The zero-order valence-electron chi connectivity index (χ0n) is 15.7. The maximum atomic E-state index is 11.3. The number of ether oxygens (including phenoxy) is 1. The van der Waals surface area contributed by atoms with Gasteiger partial charge in [-0.2, -0.15) is 8.42 Å². The monoisotopic (exact) mass is 364 g/mol. The molecule has 1 heterocycles. The molecule has 1 aliphatic rings. The third-order valence-corrected chi connectivity index (χ3v) is 8.56. The second-order valence-corrected chi connectivity index (χ2v) is 15.0. The second kappa shape index (κ2) is 8.97. The Balaban J connectivity index is 2.27. The van der Waals surface area contributed by atoms with Crippen molar-refractivity contribution in [1.29, 1.82) is 0 Å². The molecule has 1 fully saturated rings. The van der Waals surface area contributed by atoms with Crippen molar-refractivity contribution in [3.63, 3.8) is 0 Å². The minimum absolute atomic E-state index is 0.191. The predicted octanol–water partition coefficient (Wildman–Crippen LogP) is 4.51. The van der Waals surface area contributed by atoms with Gasteiger partial charge in [0.2, 0.25) is 0 Å². The van der Waals surface area contributed by atoms with Crippen LogP contribution in [0, 0.1) is 0 Å². The lowest BCUT2D eigenvalue weighted by Crippen LogP contribution is -2.47. The average Bonchev–Trinajstić information content (AvgIpc) is 3.13. The van der Waals surface area contributed by atoms with E-state index >= 15 is 0 Å². The third kappa shape index (κ3) is 7.24. The van der Waals surface area contributed by atoms with Crippen LogP contribution in [0.15, 0.2) is 0 Å². The summed E-state index contributed by atoms with van der Waals surface area (Å²) in [6.07, 6.45) is 12.8. The van der Waals surface area contributed by atoms with Gasteiger partial charge in [-0.3, -0.25) is 4.18 Å². The Morgan fingerprint density at radius 2 is 1.52 bits per heavy atom. The van der Waals surface area contributed by atoms with Gasteiger partial charge in [0.25, 0.3) is 10.1 Å². The first-order valence-electron chi connectivity index (χ1n) is 9.14. The highest BCUT2D eigenvalue weighted by Gasteiger charge is 2.64. The topological polar surface area (TPSA) is 55.9 Å². The molecule has 138 valence electrons. The second-order valence-electron chi connectivity index (χ2n) is 7.98. The molecule has 0 amide bonds. The van der Waals surface area contributed by atoms with Crippen LogP contribution in [-0.4, -0.2) is 40.7 Å². The average molecular weight is 365 g/mol. The molecule has 0 saturated carbocycles. The molecule has 1 saturated heterocycles. The Morgan fingerprint density at radius 3 is 2.00 bits per heavy atom. The van der Waals surface area contributed by atoms with Gasteiger partial charge in [-0.15, -0.1) is 0 Å². The number of hydrogen-bond acceptors (Lipinski definition) is 4. The molecule has 0 aromatic heterocycles. The van der Waals surface area contributed by atoms with Gasteiger partial charge in [0, 0.05) is 0 Å². The van der Waals surface area contributed by atoms with Crippen LogP contribution in [0.5, 0.6) is 0 Å². The molecule has 0 bridgehead atoms. The van der Waals surface area contributed by atoms with Crippen molar-refractivity contribution in [3.05, 3.63) is 0 Å². The molecule has 6 heteroatoms. The molecule has 0 aliphatic carbocycles. The van der Waals surface area contributed by atoms with E-state index in [1.165, 1.54) is 51.4 Å². The Labute approximate surface area is 144 Å². The fourth-order valence-corrected chi connectivity index (χ4v) is 5.78. The molecule has 0 aromatic rings. The van der Waals surface area contributed by atoms with Gasteiger partial charge >= 0.3 is 0 Å². The molecule has 1 rings (SSSR count). The maximum Gasteiger partial charge on any atom is 0.264 e. The minimum atomic E-state index is -3.40. The van der Waals surface area contributed by atoms with E-state index < -0.39 is 18.2 Å². The Morgan fingerprint density at radius 1 is 1.00 bits per heavy atom. The highest BCUT2D eigenvalue weighted by Crippen LogP contribution is 2.47. The first-order chi connectivity index (χ1) is 10.6. The highest BCUT2D eigenvalue weighted by atomic mass is 32.2. The van der Waals surface area contributed by atoms with E-state index in [4.69, 9.17) is 8.92 Å². The van der Waals surface area contributed by atoms with E-state index in [-0.39, 0.29) is 17.9 Å². The summed E-state index contributed by atoms with van der Waals surface area (Å²) in [5.41, 5.74) is 0. The number of epoxide rings is 1. The Bertz CT molecular complexity index is 444. The molecule has 0 radical (unpaired) electrons. The van der Waals surface area contributed by atoms with Crippen LogP contribution >= 0.6 is 0 Å². The first kappa shape index (κ1) is 21.1. The summed E-state index contributed by atoms with van der Waals surface area (Å²) in [7, 11) is -5.04. The third-order valence-electron chi connectivity index (χ3n) is 4.89. The zero-order chi connectivity index (χ0) is 17.6. The molecule has 0 spiro atoms. The molecule has 2 atom stereocenters. The summed E-state index contributed by atoms with van der Waals surface area (Å²) in [6, 6.07) is 0. The van der Waals surface area contributed by atoms with Crippen molar-refractivity contribution in [1.82, 2.24) is 0 Å². The molecular weight excluding hydrogens is 328 g/mol. The van der Waals surface area contributed by atoms with Crippen LogP contribution in [0.1, 0.15) is 64.7 Å².